The minimum Gasteiger partial charge on any atom is -0.491 e. The van der Waals surface area contributed by atoms with Gasteiger partial charge in [-0.05, 0) is 57.9 Å². The maximum Gasteiger partial charge on any atom is 0.119 e. The molecule has 2 atom stereocenters. The highest BCUT2D eigenvalue weighted by Crippen LogP contribution is 2.29. The molecule has 1 heterocycles. The molecule has 1 N–H and O–H groups in total. The highest BCUT2D eigenvalue weighted by atomic mass is 16.6. The van der Waals surface area contributed by atoms with Gasteiger partial charge in [0.1, 0.15) is 12.4 Å². The summed E-state index contributed by atoms with van der Waals surface area (Å²) in [6, 6.07) is 8.67. The molecule has 3 heteroatoms. The van der Waals surface area contributed by atoms with Gasteiger partial charge in [0.15, 0.2) is 0 Å². The zero-order chi connectivity index (χ0) is 14.6. The lowest BCUT2D eigenvalue weighted by Gasteiger charge is -2.20. The fraction of sp³-hybridized carbons (Fsp3) is 0.647. The Kier molecular flexibility index (Phi) is 5.06. The fourth-order valence-corrected chi connectivity index (χ4v) is 2.68. The van der Waals surface area contributed by atoms with Crippen LogP contribution in [0.2, 0.25) is 0 Å². The van der Waals surface area contributed by atoms with Gasteiger partial charge in [0, 0.05) is 6.04 Å². The van der Waals surface area contributed by atoms with Crippen LogP contribution < -0.4 is 10.1 Å². The van der Waals surface area contributed by atoms with Crippen LogP contribution in [-0.2, 0) is 4.74 Å². The summed E-state index contributed by atoms with van der Waals surface area (Å²) < 4.78 is 11.8. The van der Waals surface area contributed by atoms with E-state index in [-0.39, 0.29) is 11.7 Å². The van der Waals surface area contributed by atoms with Gasteiger partial charge in [-0.25, -0.2) is 0 Å². The normalized spacial score (nSPS) is 22.7. The van der Waals surface area contributed by atoms with Gasteiger partial charge in [0.05, 0.1) is 11.7 Å². The van der Waals surface area contributed by atoms with E-state index in [1.54, 1.807) is 0 Å². The number of nitrogens with one attached hydrogen (secondary N) is 1. The van der Waals surface area contributed by atoms with Crippen LogP contribution in [0.3, 0.4) is 0 Å². The van der Waals surface area contributed by atoms with Crippen molar-refractivity contribution in [3.05, 3.63) is 29.8 Å². The van der Waals surface area contributed by atoms with Crippen LogP contribution in [-0.4, -0.2) is 24.9 Å². The van der Waals surface area contributed by atoms with Gasteiger partial charge in [-0.3, -0.25) is 0 Å². The smallest absolute Gasteiger partial charge is 0.119 e. The molecule has 0 aliphatic carbocycles. The third-order valence-corrected chi connectivity index (χ3v) is 3.86. The maximum atomic E-state index is 5.95. The third kappa shape index (κ3) is 4.22. The summed E-state index contributed by atoms with van der Waals surface area (Å²) in [5.41, 5.74) is 1.27. The second-order valence-corrected chi connectivity index (χ2v) is 6.20. The largest absolute Gasteiger partial charge is 0.491 e. The predicted molar refractivity (Wildman–Crippen MR) is 82.2 cm³/mol. The van der Waals surface area contributed by atoms with E-state index in [1.807, 2.05) is 6.07 Å². The van der Waals surface area contributed by atoms with Crippen molar-refractivity contribution in [3.8, 4) is 5.75 Å². The second-order valence-electron chi connectivity index (χ2n) is 6.20. The van der Waals surface area contributed by atoms with Crippen molar-refractivity contribution in [1.82, 2.24) is 5.32 Å². The minimum atomic E-state index is 0.00936. The summed E-state index contributed by atoms with van der Waals surface area (Å²) in [5, 5.41) is 3.42. The molecule has 3 nitrogen and oxygen atoms in total. The summed E-state index contributed by atoms with van der Waals surface area (Å²) in [6.07, 6.45) is 2.42. The highest BCUT2D eigenvalue weighted by Gasteiger charge is 2.31. The first-order valence-electron chi connectivity index (χ1n) is 7.64. The van der Waals surface area contributed by atoms with E-state index in [0.29, 0.717) is 12.6 Å². The molecule has 2 rings (SSSR count). The van der Waals surface area contributed by atoms with Gasteiger partial charge in [0.2, 0.25) is 0 Å². The van der Waals surface area contributed by atoms with Crippen molar-refractivity contribution in [3.63, 3.8) is 0 Å². The van der Waals surface area contributed by atoms with Crippen LogP contribution in [0.15, 0.2) is 24.3 Å². The molecular formula is C17H27NO2. The van der Waals surface area contributed by atoms with Crippen LogP contribution in [0.25, 0.3) is 0 Å². The molecule has 0 radical (unpaired) electrons. The van der Waals surface area contributed by atoms with Crippen molar-refractivity contribution in [2.45, 2.75) is 58.3 Å². The molecule has 1 aromatic carbocycles. The van der Waals surface area contributed by atoms with E-state index in [9.17, 15) is 0 Å². The molecule has 0 saturated carbocycles. The van der Waals surface area contributed by atoms with Crippen LogP contribution in [0.5, 0.6) is 5.75 Å². The number of hydrogen-bond donors (Lipinski definition) is 1. The Morgan fingerprint density at radius 1 is 1.45 bits per heavy atom. The summed E-state index contributed by atoms with van der Waals surface area (Å²) in [5.74, 6) is 0.931. The zero-order valence-electron chi connectivity index (χ0n) is 13.1. The van der Waals surface area contributed by atoms with Gasteiger partial charge in [-0.2, -0.15) is 0 Å². The minimum absolute atomic E-state index is 0.00936. The van der Waals surface area contributed by atoms with Crippen molar-refractivity contribution < 1.29 is 9.47 Å². The Bertz CT molecular complexity index is 431. The first kappa shape index (κ1) is 15.3. The van der Waals surface area contributed by atoms with E-state index in [2.05, 4.69) is 51.2 Å². The van der Waals surface area contributed by atoms with E-state index in [0.717, 1.165) is 25.1 Å². The summed E-state index contributed by atoms with van der Waals surface area (Å²) in [7, 11) is 0. The molecule has 1 aromatic rings. The summed E-state index contributed by atoms with van der Waals surface area (Å²) in [6.45, 7) is 10.2. The zero-order valence-corrected chi connectivity index (χ0v) is 13.1. The maximum absolute atomic E-state index is 5.95. The Labute approximate surface area is 122 Å². The Morgan fingerprint density at radius 2 is 2.25 bits per heavy atom. The lowest BCUT2D eigenvalue weighted by Crippen LogP contribution is -2.24. The Hall–Kier alpha value is -1.06. The average molecular weight is 277 g/mol. The van der Waals surface area contributed by atoms with E-state index in [4.69, 9.17) is 9.47 Å². The van der Waals surface area contributed by atoms with Gasteiger partial charge in [-0.15, -0.1) is 0 Å². The van der Waals surface area contributed by atoms with Crippen LogP contribution in [0.4, 0.5) is 0 Å². The Balaban J connectivity index is 1.88. The molecule has 1 saturated heterocycles. The van der Waals surface area contributed by atoms with Crippen molar-refractivity contribution >= 4 is 0 Å². The van der Waals surface area contributed by atoms with Gasteiger partial charge >= 0.3 is 0 Å². The van der Waals surface area contributed by atoms with Crippen LogP contribution >= 0.6 is 0 Å². The van der Waals surface area contributed by atoms with Crippen molar-refractivity contribution in [2.75, 3.05) is 13.2 Å². The fourth-order valence-electron chi connectivity index (χ4n) is 2.68. The summed E-state index contributed by atoms with van der Waals surface area (Å²) in [4.78, 5) is 0. The average Bonchev–Trinajstić information content (AvgIpc) is 2.77. The number of rotatable bonds is 6. The first-order chi connectivity index (χ1) is 9.50. The van der Waals surface area contributed by atoms with Crippen LogP contribution in [0, 0.1) is 0 Å². The number of benzene rings is 1. The highest BCUT2D eigenvalue weighted by molar-refractivity contribution is 5.30. The molecule has 1 aliphatic rings. The van der Waals surface area contributed by atoms with Crippen LogP contribution in [0.1, 0.15) is 52.1 Å². The first-order valence-corrected chi connectivity index (χ1v) is 7.64. The van der Waals surface area contributed by atoms with Crippen molar-refractivity contribution in [1.29, 1.82) is 0 Å². The SMILES string of the molecule is CCNC(C)c1cccc(OCC2CCC(C)(C)O2)c1. The van der Waals surface area contributed by atoms with E-state index >= 15 is 0 Å². The predicted octanol–water partition coefficient (Wildman–Crippen LogP) is 3.69. The standard InChI is InChI=1S/C17H27NO2/c1-5-18-13(2)14-7-6-8-15(11-14)19-12-16-9-10-17(3,4)20-16/h6-8,11,13,16,18H,5,9-10,12H2,1-4H3. The monoisotopic (exact) mass is 277 g/mol. The molecule has 2 unspecified atom stereocenters. The molecule has 0 aromatic heterocycles. The second kappa shape index (κ2) is 6.59. The van der Waals surface area contributed by atoms with Gasteiger partial charge in [0.25, 0.3) is 0 Å². The molecule has 0 spiro atoms. The van der Waals surface area contributed by atoms with Gasteiger partial charge in [-0.1, -0.05) is 19.1 Å². The molecule has 0 amide bonds. The molecule has 20 heavy (non-hydrogen) atoms. The topological polar surface area (TPSA) is 30.5 Å². The third-order valence-electron chi connectivity index (χ3n) is 3.86. The van der Waals surface area contributed by atoms with Gasteiger partial charge < -0.3 is 14.8 Å². The quantitative estimate of drug-likeness (QED) is 0.860. The lowest BCUT2D eigenvalue weighted by molar-refractivity contribution is -0.0326. The van der Waals surface area contributed by atoms with Crippen molar-refractivity contribution in [2.24, 2.45) is 0 Å². The summed E-state index contributed by atoms with van der Waals surface area (Å²) >= 11 is 0. The number of ether oxygens (including phenoxy) is 2. The lowest BCUT2D eigenvalue weighted by atomic mass is 10.1. The number of hydrogen-bond acceptors (Lipinski definition) is 3. The van der Waals surface area contributed by atoms with E-state index < -0.39 is 0 Å². The molecular weight excluding hydrogens is 250 g/mol. The molecule has 1 aliphatic heterocycles. The molecule has 0 bridgehead atoms. The Morgan fingerprint density at radius 3 is 2.90 bits per heavy atom. The van der Waals surface area contributed by atoms with E-state index in [1.165, 1.54) is 5.56 Å². The molecule has 112 valence electrons. The molecule has 1 fully saturated rings.